The van der Waals surface area contributed by atoms with E-state index in [1.54, 1.807) is 0 Å². The Morgan fingerprint density at radius 3 is 2.91 bits per heavy atom. The van der Waals surface area contributed by atoms with Gasteiger partial charge in [-0.05, 0) is 38.1 Å². The Morgan fingerprint density at radius 2 is 2.18 bits per heavy atom. The fraction of sp³-hybridized carbons (Fsp3) is 0.267. The lowest BCUT2D eigenvalue weighted by Gasteiger charge is -2.05. The Bertz CT molecular complexity index is 836. The lowest BCUT2D eigenvalue weighted by Crippen LogP contribution is -2.28. The number of aromatic nitrogens is 4. The van der Waals surface area contributed by atoms with E-state index in [4.69, 9.17) is 0 Å². The first-order valence-electron chi connectivity index (χ1n) is 6.97. The highest BCUT2D eigenvalue weighted by molar-refractivity contribution is 5.94. The van der Waals surface area contributed by atoms with E-state index in [2.05, 4.69) is 20.4 Å². The molecule has 0 saturated heterocycles. The number of imidazole rings is 1. The smallest absolute Gasteiger partial charge is 0.287 e. The van der Waals surface area contributed by atoms with Gasteiger partial charge in [-0.15, -0.1) is 0 Å². The first-order chi connectivity index (χ1) is 10.5. The second-order valence-corrected chi connectivity index (χ2v) is 5.15. The van der Waals surface area contributed by atoms with Crippen LogP contribution in [0.5, 0.6) is 0 Å². The van der Waals surface area contributed by atoms with Gasteiger partial charge in [-0.1, -0.05) is 0 Å². The number of amides is 1. The maximum absolute atomic E-state index is 13.1. The van der Waals surface area contributed by atoms with Crippen LogP contribution >= 0.6 is 0 Å². The lowest BCUT2D eigenvalue weighted by atomic mass is 10.3. The Morgan fingerprint density at radius 1 is 1.36 bits per heavy atom. The Hall–Kier alpha value is -2.70. The number of nitrogens with one attached hydrogen (secondary N) is 2. The Labute approximate surface area is 126 Å². The van der Waals surface area contributed by atoms with E-state index in [0.717, 1.165) is 11.4 Å². The number of aromatic amines is 1. The van der Waals surface area contributed by atoms with E-state index < -0.39 is 0 Å². The fourth-order valence-electron chi connectivity index (χ4n) is 2.35. The van der Waals surface area contributed by atoms with Gasteiger partial charge in [0.15, 0.2) is 5.82 Å². The molecule has 0 atom stereocenters. The van der Waals surface area contributed by atoms with Crippen molar-refractivity contribution in [3.63, 3.8) is 0 Å². The molecule has 0 bridgehead atoms. The number of carbonyl (C=O) groups excluding carboxylic acids is 1. The number of halogens is 1. The van der Waals surface area contributed by atoms with Gasteiger partial charge in [0.1, 0.15) is 5.82 Å². The molecule has 0 unspecified atom stereocenters. The van der Waals surface area contributed by atoms with Crippen molar-refractivity contribution in [2.45, 2.75) is 20.4 Å². The van der Waals surface area contributed by atoms with E-state index in [1.807, 2.05) is 24.6 Å². The molecule has 2 N–H and O–H groups in total. The summed E-state index contributed by atoms with van der Waals surface area (Å²) in [6.45, 7) is 4.91. The number of carbonyl (C=O) groups is 1. The third-order valence-electron chi connectivity index (χ3n) is 3.37. The van der Waals surface area contributed by atoms with Gasteiger partial charge in [-0.3, -0.25) is 9.48 Å². The van der Waals surface area contributed by atoms with Crippen molar-refractivity contribution >= 4 is 16.9 Å². The summed E-state index contributed by atoms with van der Waals surface area (Å²) in [6.07, 6.45) is 0. The maximum atomic E-state index is 13.1. The summed E-state index contributed by atoms with van der Waals surface area (Å²) in [5, 5.41) is 7.10. The van der Waals surface area contributed by atoms with Crippen molar-refractivity contribution in [1.29, 1.82) is 0 Å². The molecule has 2 aromatic heterocycles. The molecule has 2 heterocycles. The summed E-state index contributed by atoms with van der Waals surface area (Å²) < 4.78 is 15.0. The van der Waals surface area contributed by atoms with Crippen LogP contribution in [0.1, 0.15) is 22.0 Å². The average molecular weight is 301 g/mol. The molecule has 0 aliphatic carbocycles. The van der Waals surface area contributed by atoms with Gasteiger partial charge in [-0.25, -0.2) is 9.37 Å². The number of rotatable bonds is 4. The van der Waals surface area contributed by atoms with E-state index in [9.17, 15) is 9.18 Å². The summed E-state index contributed by atoms with van der Waals surface area (Å²) in [6, 6.07) is 6.14. The monoisotopic (exact) mass is 301 g/mol. The molecule has 3 rings (SSSR count). The molecule has 0 spiro atoms. The normalized spacial score (nSPS) is 11.0. The molecule has 3 aromatic rings. The molecule has 1 amide bonds. The molecule has 7 heteroatoms. The predicted molar refractivity (Wildman–Crippen MR) is 80.1 cm³/mol. The van der Waals surface area contributed by atoms with Crippen molar-refractivity contribution in [1.82, 2.24) is 25.1 Å². The lowest BCUT2D eigenvalue weighted by molar-refractivity contribution is 0.0942. The van der Waals surface area contributed by atoms with Gasteiger partial charge < -0.3 is 10.3 Å². The zero-order valence-corrected chi connectivity index (χ0v) is 12.4. The van der Waals surface area contributed by atoms with Gasteiger partial charge in [0.2, 0.25) is 0 Å². The molecule has 0 fully saturated rings. The van der Waals surface area contributed by atoms with Crippen LogP contribution in [0.25, 0.3) is 11.0 Å². The Kier molecular flexibility index (Phi) is 3.62. The average Bonchev–Trinajstić information content (AvgIpc) is 3.01. The topological polar surface area (TPSA) is 75.6 Å². The van der Waals surface area contributed by atoms with Crippen LogP contribution in [0, 0.1) is 19.7 Å². The van der Waals surface area contributed by atoms with Gasteiger partial charge in [-0.2, -0.15) is 5.10 Å². The van der Waals surface area contributed by atoms with Crippen molar-refractivity contribution in [3.05, 3.63) is 47.3 Å². The molecule has 114 valence electrons. The van der Waals surface area contributed by atoms with Gasteiger partial charge in [0.25, 0.3) is 5.91 Å². The molecule has 0 aliphatic heterocycles. The SMILES string of the molecule is Cc1cc(C)n(CCNC(=O)c2nc3ccc(F)cc3[nH]2)n1. The van der Waals surface area contributed by atoms with E-state index in [1.165, 1.54) is 18.2 Å². The maximum Gasteiger partial charge on any atom is 0.287 e. The minimum absolute atomic E-state index is 0.175. The van der Waals surface area contributed by atoms with Gasteiger partial charge in [0.05, 0.1) is 23.3 Å². The molecule has 1 aromatic carbocycles. The van der Waals surface area contributed by atoms with Crippen LogP contribution in [0.3, 0.4) is 0 Å². The van der Waals surface area contributed by atoms with Crippen LogP contribution in [0.15, 0.2) is 24.3 Å². The van der Waals surface area contributed by atoms with Crippen LogP contribution in [0.2, 0.25) is 0 Å². The summed E-state index contributed by atoms with van der Waals surface area (Å²) in [7, 11) is 0. The predicted octanol–water partition coefficient (Wildman–Crippen LogP) is 1.95. The van der Waals surface area contributed by atoms with Crippen LogP contribution in [-0.2, 0) is 6.54 Å². The quantitative estimate of drug-likeness (QED) is 0.773. The summed E-state index contributed by atoms with van der Waals surface area (Å²) >= 11 is 0. The number of hydrogen-bond donors (Lipinski definition) is 2. The van der Waals surface area contributed by atoms with Crippen molar-refractivity contribution < 1.29 is 9.18 Å². The highest BCUT2D eigenvalue weighted by atomic mass is 19.1. The molecule has 0 aliphatic rings. The summed E-state index contributed by atoms with van der Waals surface area (Å²) in [5.41, 5.74) is 3.06. The first-order valence-corrected chi connectivity index (χ1v) is 6.97. The molecule has 6 nitrogen and oxygen atoms in total. The van der Waals surface area contributed by atoms with Crippen molar-refractivity contribution in [2.24, 2.45) is 0 Å². The van der Waals surface area contributed by atoms with Crippen molar-refractivity contribution in [3.8, 4) is 0 Å². The molecular formula is C15H16FN5O. The molecular weight excluding hydrogens is 285 g/mol. The largest absolute Gasteiger partial charge is 0.348 e. The van der Waals surface area contributed by atoms with Crippen molar-refractivity contribution in [2.75, 3.05) is 6.54 Å². The fourth-order valence-corrected chi connectivity index (χ4v) is 2.35. The van der Waals surface area contributed by atoms with Gasteiger partial charge in [0, 0.05) is 12.2 Å². The van der Waals surface area contributed by atoms with Crippen LogP contribution in [-0.4, -0.2) is 32.2 Å². The van der Waals surface area contributed by atoms with E-state index in [-0.39, 0.29) is 17.5 Å². The number of nitrogens with zero attached hydrogens (tertiary/aromatic N) is 3. The van der Waals surface area contributed by atoms with E-state index in [0.29, 0.717) is 24.1 Å². The number of aryl methyl sites for hydroxylation is 2. The first kappa shape index (κ1) is 14.2. The second-order valence-electron chi connectivity index (χ2n) is 5.15. The molecule has 0 saturated carbocycles. The Balaban J connectivity index is 1.64. The molecule has 0 radical (unpaired) electrons. The number of fused-ring (bicyclic) bond motifs is 1. The minimum Gasteiger partial charge on any atom is -0.348 e. The third-order valence-corrected chi connectivity index (χ3v) is 3.37. The molecule has 22 heavy (non-hydrogen) atoms. The van der Waals surface area contributed by atoms with E-state index >= 15 is 0 Å². The highest BCUT2D eigenvalue weighted by Crippen LogP contribution is 2.12. The van der Waals surface area contributed by atoms with Gasteiger partial charge >= 0.3 is 0 Å². The van der Waals surface area contributed by atoms with Crippen LogP contribution < -0.4 is 5.32 Å². The van der Waals surface area contributed by atoms with Crippen LogP contribution in [0.4, 0.5) is 4.39 Å². The minimum atomic E-state index is -0.368. The zero-order valence-electron chi connectivity index (χ0n) is 12.4. The number of benzene rings is 1. The summed E-state index contributed by atoms with van der Waals surface area (Å²) in [4.78, 5) is 19.0. The highest BCUT2D eigenvalue weighted by Gasteiger charge is 2.11. The second kappa shape index (κ2) is 5.59. The number of hydrogen-bond acceptors (Lipinski definition) is 3. The zero-order chi connectivity index (χ0) is 15.7. The third kappa shape index (κ3) is 2.83. The standard InChI is InChI=1S/C15H16FN5O/c1-9-7-10(2)21(20-9)6-5-17-15(22)14-18-12-4-3-11(16)8-13(12)19-14/h3-4,7-8H,5-6H2,1-2H3,(H,17,22)(H,18,19). The number of H-pyrrole nitrogens is 1. The summed E-state index contributed by atoms with van der Waals surface area (Å²) in [5.74, 6) is -0.514.